The maximum Gasteiger partial charge on any atom is 0.322 e. The summed E-state index contributed by atoms with van der Waals surface area (Å²) in [7, 11) is 0. The molecule has 3 amide bonds. The van der Waals surface area contributed by atoms with E-state index in [-0.39, 0.29) is 11.9 Å². The highest BCUT2D eigenvalue weighted by Crippen LogP contribution is 2.28. The lowest BCUT2D eigenvalue weighted by Gasteiger charge is -2.27. The molecule has 1 heterocycles. The first-order valence-electron chi connectivity index (χ1n) is 8.40. The Labute approximate surface area is 162 Å². The van der Waals surface area contributed by atoms with Gasteiger partial charge in [-0.3, -0.25) is 4.79 Å². The van der Waals surface area contributed by atoms with Crippen molar-refractivity contribution in [2.75, 3.05) is 23.3 Å². The minimum absolute atomic E-state index is 0.0783. The number of nitrogens with one attached hydrogen (secondary N) is 1. The van der Waals surface area contributed by atoms with Crippen molar-refractivity contribution in [1.29, 1.82) is 0 Å². The molecule has 136 valence electrons. The van der Waals surface area contributed by atoms with Gasteiger partial charge in [-0.15, -0.1) is 0 Å². The van der Waals surface area contributed by atoms with E-state index in [1.54, 1.807) is 23.1 Å². The van der Waals surface area contributed by atoms with Gasteiger partial charge in [-0.25, -0.2) is 4.79 Å². The zero-order chi connectivity index (χ0) is 18.7. The molecule has 0 aromatic heterocycles. The number of hydrogen-bond acceptors (Lipinski definition) is 2. The van der Waals surface area contributed by atoms with Crippen molar-refractivity contribution in [3.05, 3.63) is 58.6 Å². The number of anilines is 2. The summed E-state index contributed by atoms with van der Waals surface area (Å²) in [6.45, 7) is 2.83. The van der Waals surface area contributed by atoms with Crippen molar-refractivity contribution in [2.45, 2.75) is 19.4 Å². The molecule has 0 aliphatic carbocycles. The average molecular weight is 392 g/mol. The minimum atomic E-state index is -0.502. The van der Waals surface area contributed by atoms with Gasteiger partial charge in [0.05, 0.1) is 10.7 Å². The minimum Gasteiger partial charge on any atom is -0.313 e. The zero-order valence-corrected chi connectivity index (χ0v) is 15.8. The van der Waals surface area contributed by atoms with E-state index in [4.69, 9.17) is 23.2 Å². The van der Waals surface area contributed by atoms with Gasteiger partial charge in [0.2, 0.25) is 5.91 Å². The van der Waals surface area contributed by atoms with Crippen LogP contribution < -0.4 is 10.2 Å². The van der Waals surface area contributed by atoms with Crippen LogP contribution in [-0.4, -0.2) is 36.0 Å². The molecule has 7 heteroatoms. The molecule has 5 nitrogen and oxygen atoms in total. The topological polar surface area (TPSA) is 52.7 Å². The second-order valence-corrected chi connectivity index (χ2v) is 6.81. The molecule has 1 aliphatic heterocycles. The van der Waals surface area contributed by atoms with E-state index in [9.17, 15) is 9.59 Å². The monoisotopic (exact) mass is 391 g/mol. The Bertz CT molecular complexity index is 814. The molecule has 26 heavy (non-hydrogen) atoms. The van der Waals surface area contributed by atoms with Crippen LogP contribution in [0.25, 0.3) is 0 Å². The lowest BCUT2D eigenvalue weighted by atomic mass is 10.2. The van der Waals surface area contributed by atoms with Crippen LogP contribution in [-0.2, 0) is 4.79 Å². The summed E-state index contributed by atoms with van der Waals surface area (Å²) in [4.78, 5) is 28.8. The van der Waals surface area contributed by atoms with Gasteiger partial charge in [0.15, 0.2) is 0 Å². The summed E-state index contributed by atoms with van der Waals surface area (Å²) in [5.74, 6) is -0.0783. The van der Waals surface area contributed by atoms with E-state index in [0.717, 1.165) is 5.69 Å². The van der Waals surface area contributed by atoms with Crippen LogP contribution in [0, 0.1) is 0 Å². The SMILES string of the molecule is CCN(C(=O)Nc1cc(Cl)ccc1Cl)[C@H]1CCN(c2ccccc2)C1=O. The number of amides is 3. The number of halogens is 2. The average Bonchev–Trinajstić information content (AvgIpc) is 3.01. The number of hydrogen-bond donors (Lipinski definition) is 1. The molecular weight excluding hydrogens is 373 g/mol. The highest BCUT2D eigenvalue weighted by molar-refractivity contribution is 6.35. The summed E-state index contributed by atoms with van der Waals surface area (Å²) in [6, 6.07) is 13.4. The molecule has 3 rings (SSSR count). The van der Waals surface area contributed by atoms with Crippen molar-refractivity contribution < 1.29 is 9.59 Å². The van der Waals surface area contributed by atoms with Crippen molar-refractivity contribution in [3.63, 3.8) is 0 Å². The summed E-state index contributed by atoms with van der Waals surface area (Å²) >= 11 is 12.1. The van der Waals surface area contributed by atoms with Crippen LogP contribution in [0.2, 0.25) is 10.0 Å². The molecule has 0 bridgehead atoms. The summed E-state index contributed by atoms with van der Waals surface area (Å²) in [5.41, 5.74) is 1.27. The Morgan fingerprint density at radius 3 is 2.65 bits per heavy atom. The van der Waals surface area contributed by atoms with Gasteiger partial charge in [0.25, 0.3) is 0 Å². The molecule has 0 unspecified atom stereocenters. The number of benzene rings is 2. The number of nitrogens with zero attached hydrogens (tertiary/aromatic N) is 2. The lowest BCUT2D eigenvalue weighted by Crippen LogP contribution is -2.47. The number of urea groups is 1. The zero-order valence-electron chi connectivity index (χ0n) is 14.3. The standard InChI is InChI=1S/C19H19Cl2N3O2/c1-2-23(19(26)22-16-12-13(20)8-9-15(16)21)17-10-11-24(18(17)25)14-6-4-3-5-7-14/h3-9,12,17H,2,10-11H2,1H3,(H,22,26)/t17-/m0/s1. The quantitative estimate of drug-likeness (QED) is 0.824. The molecule has 1 saturated heterocycles. The van der Waals surface area contributed by atoms with E-state index in [1.165, 1.54) is 4.90 Å². The van der Waals surface area contributed by atoms with Crippen molar-refractivity contribution in [3.8, 4) is 0 Å². The predicted molar refractivity (Wildman–Crippen MR) is 105 cm³/mol. The number of likely N-dealkylation sites (N-methyl/N-ethyl adjacent to an activating group) is 1. The Morgan fingerprint density at radius 1 is 1.23 bits per heavy atom. The summed E-state index contributed by atoms with van der Waals surface area (Å²) in [6.07, 6.45) is 0.582. The number of carbonyl (C=O) groups excluding carboxylic acids is 2. The molecule has 0 spiro atoms. The molecule has 0 saturated carbocycles. The first kappa shape index (κ1) is 18.5. The third-order valence-corrected chi connectivity index (χ3v) is 4.96. The smallest absolute Gasteiger partial charge is 0.313 e. The van der Waals surface area contributed by atoms with Crippen LogP contribution in [0.4, 0.5) is 16.2 Å². The Kier molecular flexibility index (Phi) is 5.69. The van der Waals surface area contributed by atoms with Crippen molar-refractivity contribution in [1.82, 2.24) is 4.90 Å². The fourth-order valence-corrected chi connectivity index (χ4v) is 3.44. The van der Waals surface area contributed by atoms with E-state index >= 15 is 0 Å². The second-order valence-electron chi connectivity index (χ2n) is 5.97. The van der Waals surface area contributed by atoms with Crippen LogP contribution in [0.3, 0.4) is 0 Å². The van der Waals surface area contributed by atoms with Crippen molar-refractivity contribution >= 4 is 46.5 Å². The number of para-hydroxylation sites is 1. The molecule has 1 aliphatic rings. The predicted octanol–water partition coefficient (Wildman–Crippen LogP) is 4.65. The van der Waals surface area contributed by atoms with Gasteiger partial charge in [-0.2, -0.15) is 0 Å². The Balaban J connectivity index is 1.75. The van der Waals surface area contributed by atoms with Crippen LogP contribution >= 0.6 is 23.2 Å². The van der Waals surface area contributed by atoms with Gasteiger partial charge in [-0.1, -0.05) is 41.4 Å². The van der Waals surface area contributed by atoms with E-state index in [0.29, 0.717) is 35.2 Å². The molecule has 1 atom stereocenters. The first-order chi connectivity index (χ1) is 12.5. The summed E-state index contributed by atoms with van der Waals surface area (Å²) < 4.78 is 0. The van der Waals surface area contributed by atoms with Gasteiger partial charge >= 0.3 is 6.03 Å². The van der Waals surface area contributed by atoms with Crippen LogP contribution in [0.1, 0.15) is 13.3 Å². The largest absolute Gasteiger partial charge is 0.322 e. The molecule has 0 radical (unpaired) electrons. The molecule has 2 aromatic rings. The van der Waals surface area contributed by atoms with Crippen LogP contribution in [0.15, 0.2) is 48.5 Å². The fraction of sp³-hybridized carbons (Fsp3) is 0.263. The highest BCUT2D eigenvalue weighted by atomic mass is 35.5. The van der Waals surface area contributed by atoms with Gasteiger partial charge in [0, 0.05) is 23.8 Å². The Morgan fingerprint density at radius 2 is 1.96 bits per heavy atom. The molecule has 1 fully saturated rings. The maximum atomic E-state index is 12.8. The summed E-state index contributed by atoms with van der Waals surface area (Å²) in [5, 5.41) is 3.62. The normalized spacial score (nSPS) is 16.7. The van der Waals surface area contributed by atoms with E-state index < -0.39 is 6.04 Å². The number of carbonyl (C=O) groups is 2. The van der Waals surface area contributed by atoms with Gasteiger partial charge < -0.3 is 15.1 Å². The van der Waals surface area contributed by atoms with E-state index in [2.05, 4.69) is 5.32 Å². The third kappa shape index (κ3) is 3.79. The van der Waals surface area contributed by atoms with E-state index in [1.807, 2.05) is 37.3 Å². The Hall–Kier alpha value is -2.24. The number of rotatable bonds is 4. The lowest BCUT2D eigenvalue weighted by molar-refractivity contribution is -0.120. The van der Waals surface area contributed by atoms with Gasteiger partial charge in [0.1, 0.15) is 6.04 Å². The molecule has 1 N–H and O–H groups in total. The maximum absolute atomic E-state index is 12.8. The third-order valence-electron chi connectivity index (χ3n) is 4.39. The van der Waals surface area contributed by atoms with Crippen molar-refractivity contribution in [2.24, 2.45) is 0 Å². The molecular formula is C19H19Cl2N3O2. The first-order valence-corrected chi connectivity index (χ1v) is 9.16. The molecule has 2 aromatic carbocycles. The van der Waals surface area contributed by atoms with Crippen LogP contribution in [0.5, 0.6) is 0 Å². The fourth-order valence-electron chi connectivity index (χ4n) is 3.10. The van der Waals surface area contributed by atoms with Gasteiger partial charge in [-0.05, 0) is 43.7 Å². The highest BCUT2D eigenvalue weighted by Gasteiger charge is 2.38. The second kappa shape index (κ2) is 7.98.